The summed E-state index contributed by atoms with van der Waals surface area (Å²) < 4.78 is 49.1. The van der Waals surface area contributed by atoms with Gasteiger partial charge in [0.15, 0.2) is 0 Å². The summed E-state index contributed by atoms with van der Waals surface area (Å²) in [6.45, 7) is -1.20. The number of hydrogen-bond donors (Lipinski definition) is 2. The minimum atomic E-state index is -3.29. The number of aliphatic hydroxyl groups excluding tert-OH is 1. The van der Waals surface area contributed by atoms with Crippen molar-refractivity contribution in [2.45, 2.75) is 24.3 Å². The van der Waals surface area contributed by atoms with Crippen LogP contribution in [0.5, 0.6) is 0 Å². The van der Waals surface area contributed by atoms with Crippen LogP contribution in [0.15, 0.2) is 42.6 Å². The third-order valence-corrected chi connectivity index (χ3v) is 5.51. The maximum atomic E-state index is 13.1. The van der Waals surface area contributed by atoms with Gasteiger partial charge in [-0.3, -0.25) is 14.0 Å². The molecule has 2 rings (SSSR count). The minimum Gasteiger partial charge on any atom is -0.386 e. The molecule has 2 N–H and O–H groups in total. The van der Waals surface area contributed by atoms with Crippen LogP contribution in [0.4, 0.5) is 13.2 Å². The molecule has 0 fully saturated rings. The molecule has 0 spiro atoms. The fraction of sp³-hybridized carbons (Fsp3) is 0.333. The zero-order valence-corrected chi connectivity index (χ0v) is 16.1. The minimum absolute atomic E-state index is 0.0326. The molecule has 152 valence electrons. The average molecular weight is 435 g/mol. The first-order chi connectivity index (χ1) is 13.3. The smallest absolute Gasteiger partial charge is 0.315 e. The van der Waals surface area contributed by atoms with E-state index in [0.29, 0.717) is 5.69 Å². The Morgan fingerprint density at radius 1 is 1.18 bits per heavy atom. The van der Waals surface area contributed by atoms with E-state index in [1.807, 2.05) is 0 Å². The summed E-state index contributed by atoms with van der Waals surface area (Å²) in [5.41, 5.74) is 2.41. The third kappa shape index (κ3) is 6.02. The number of nitrogens with zero attached hydrogens (tertiary/aromatic N) is 1. The lowest BCUT2D eigenvalue weighted by atomic mass is 9.99. The predicted octanol–water partition coefficient (Wildman–Crippen LogP) is 2.95. The number of nitrogens with one attached hydrogen (secondary N) is 1. The summed E-state index contributed by atoms with van der Waals surface area (Å²) in [6, 6.07) is 8.35. The van der Waals surface area contributed by atoms with E-state index in [1.54, 1.807) is 35.8 Å². The molecular weight excluding hydrogens is 417 g/mol. The topological polar surface area (TPSA) is 79.3 Å². The number of carbonyl (C=O) groups excluding carboxylic acids is 1. The van der Waals surface area contributed by atoms with Crippen LogP contribution in [0.25, 0.3) is 11.1 Å². The summed E-state index contributed by atoms with van der Waals surface area (Å²) in [7, 11) is -1.18. The largest absolute Gasteiger partial charge is 0.386 e. The van der Waals surface area contributed by atoms with Crippen molar-refractivity contribution in [1.29, 1.82) is 0 Å². The second-order valence-electron chi connectivity index (χ2n) is 5.87. The van der Waals surface area contributed by atoms with E-state index < -0.39 is 42.0 Å². The van der Waals surface area contributed by atoms with E-state index in [1.165, 1.54) is 12.1 Å². The third-order valence-electron chi connectivity index (χ3n) is 3.91. The quantitative estimate of drug-likeness (QED) is 0.595. The molecule has 1 aromatic carbocycles. The van der Waals surface area contributed by atoms with Gasteiger partial charge in [-0.2, -0.15) is 8.78 Å². The van der Waals surface area contributed by atoms with Crippen LogP contribution in [0.1, 0.15) is 17.4 Å². The van der Waals surface area contributed by atoms with Crippen LogP contribution >= 0.6 is 11.6 Å². The monoisotopic (exact) mass is 434 g/mol. The van der Waals surface area contributed by atoms with Gasteiger partial charge < -0.3 is 10.4 Å². The molecule has 1 amide bonds. The van der Waals surface area contributed by atoms with Crippen molar-refractivity contribution in [3.8, 4) is 11.1 Å². The summed E-state index contributed by atoms with van der Waals surface area (Å²) in [5, 5.41) is 12.0. The number of aliphatic hydroxyl groups is 1. The standard InChI is InChI=1S/C18H18ClF3N2O3S/c19-10-28(27)9-14-6-5-13(8-23-14)11-1-3-12(4-2-11)16(25)15(7-20)24-18(26)17(21)22/h1-6,8,15-17,25H,7,9-10H2,(H,24,26). The molecule has 0 saturated heterocycles. The summed E-state index contributed by atoms with van der Waals surface area (Å²) in [4.78, 5) is 15.3. The molecule has 1 heterocycles. The lowest BCUT2D eigenvalue weighted by Crippen LogP contribution is -2.43. The Bertz CT molecular complexity index is 807. The first-order valence-electron chi connectivity index (χ1n) is 8.14. The van der Waals surface area contributed by atoms with Gasteiger partial charge in [0, 0.05) is 22.6 Å². The van der Waals surface area contributed by atoms with E-state index >= 15 is 0 Å². The Kier molecular flexibility index (Phi) is 8.40. The Hall–Kier alpha value is -1.97. The molecule has 0 aliphatic carbocycles. The van der Waals surface area contributed by atoms with E-state index in [2.05, 4.69) is 4.98 Å². The van der Waals surface area contributed by atoms with E-state index in [-0.39, 0.29) is 16.5 Å². The molecule has 3 unspecified atom stereocenters. The number of pyridine rings is 1. The van der Waals surface area contributed by atoms with Gasteiger partial charge in [0.1, 0.15) is 12.8 Å². The summed E-state index contributed by atoms with van der Waals surface area (Å²) in [6.07, 6.45) is -3.17. The maximum absolute atomic E-state index is 13.1. The zero-order chi connectivity index (χ0) is 20.7. The normalized spacial score (nSPS) is 14.5. The van der Waals surface area contributed by atoms with Gasteiger partial charge in [0.05, 0.1) is 22.7 Å². The van der Waals surface area contributed by atoms with Gasteiger partial charge in [-0.25, -0.2) is 4.39 Å². The molecule has 1 aromatic heterocycles. The Labute approximate surface area is 167 Å². The van der Waals surface area contributed by atoms with Gasteiger partial charge in [-0.15, -0.1) is 11.6 Å². The summed E-state index contributed by atoms with van der Waals surface area (Å²) >= 11 is 5.51. The van der Waals surface area contributed by atoms with Crippen LogP contribution in [-0.2, 0) is 21.3 Å². The van der Waals surface area contributed by atoms with Crippen LogP contribution in [-0.4, -0.2) is 44.6 Å². The van der Waals surface area contributed by atoms with Crippen LogP contribution in [0, 0.1) is 0 Å². The molecule has 5 nitrogen and oxygen atoms in total. The van der Waals surface area contributed by atoms with Crippen molar-refractivity contribution in [2.24, 2.45) is 0 Å². The van der Waals surface area contributed by atoms with E-state index in [4.69, 9.17) is 11.6 Å². The second kappa shape index (κ2) is 10.5. The number of hydrogen-bond acceptors (Lipinski definition) is 4. The number of amides is 1. The van der Waals surface area contributed by atoms with Crippen molar-refractivity contribution < 1.29 is 27.3 Å². The number of rotatable bonds is 9. The van der Waals surface area contributed by atoms with Crippen LogP contribution < -0.4 is 5.32 Å². The van der Waals surface area contributed by atoms with Crippen molar-refractivity contribution in [3.05, 3.63) is 53.9 Å². The molecule has 0 radical (unpaired) electrons. The van der Waals surface area contributed by atoms with Gasteiger partial charge in [0.25, 0.3) is 5.91 Å². The molecular formula is C18H18ClF3N2O3S. The molecule has 0 aliphatic heterocycles. The fourth-order valence-electron chi connectivity index (χ4n) is 2.44. The highest BCUT2D eigenvalue weighted by atomic mass is 35.5. The maximum Gasteiger partial charge on any atom is 0.315 e. The summed E-state index contributed by atoms with van der Waals surface area (Å²) in [5.74, 6) is -1.39. The molecule has 0 aliphatic rings. The fourth-order valence-corrected chi connectivity index (χ4v) is 3.25. The highest BCUT2D eigenvalue weighted by Gasteiger charge is 2.26. The van der Waals surface area contributed by atoms with Crippen molar-refractivity contribution in [2.75, 3.05) is 11.9 Å². The highest BCUT2D eigenvalue weighted by molar-refractivity contribution is 7.85. The van der Waals surface area contributed by atoms with Crippen LogP contribution in [0.3, 0.4) is 0 Å². The number of benzene rings is 1. The molecule has 0 saturated carbocycles. The lowest BCUT2D eigenvalue weighted by Gasteiger charge is -2.22. The highest BCUT2D eigenvalue weighted by Crippen LogP contribution is 2.24. The predicted molar refractivity (Wildman–Crippen MR) is 101 cm³/mol. The number of alkyl halides is 4. The molecule has 3 atom stereocenters. The van der Waals surface area contributed by atoms with E-state index in [9.17, 15) is 27.3 Å². The van der Waals surface area contributed by atoms with Gasteiger partial charge in [-0.05, 0) is 17.2 Å². The van der Waals surface area contributed by atoms with Crippen LogP contribution in [0.2, 0.25) is 0 Å². The van der Waals surface area contributed by atoms with Gasteiger partial charge in [-0.1, -0.05) is 30.3 Å². The van der Waals surface area contributed by atoms with Crippen molar-refractivity contribution in [3.63, 3.8) is 0 Å². The van der Waals surface area contributed by atoms with Crippen molar-refractivity contribution >= 4 is 28.3 Å². The number of aromatic nitrogens is 1. The first-order valence-corrected chi connectivity index (χ1v) is 10.2. The zero-order valence-electron chi connectivity index (χ0n) is 14.5. The van der Waals surface area contributed by atoms with Gasteiger partial charge in [0.2, 0.25) is 0 Å². The SMILES string of the molecule is O=C(NC(CF)C(O)c1ccc(-c2ccc(CS(=O)CCl)nc2)cc1)C(F)F. The number of carbonyl (C=O) groups is 1. The molecule has 28 heavy (non-hydrogen) atoms. The Morgan fingerprint density at radius 2 is 1.82 bits per heavy atom. The molecule has 0 bridgehead atoms. The lowest BCUT2D eigenvalue weighted by molar-refractivity contribution is -0.133. The Morgan fingerprint density at radius 3 is 2.32 bits per heavy atom. The van der Waals surface area contributed by atoms with Gasteiger partial charge >= 0.3 is 6.43 Å². The first kappa shape index (κ1) is 22.3. The van der Waals surface area contributed by atoms with Crippen molar-refractivity contribution in [1.82, 2.24) is 10.3 Å². The average Bonchev–Trinajstić information content (AvgIpc) is 2.71. The Balaban J connectivity index is 2.09. The molecule has 2 aromatic rings. The second-order valence-corrected chi connectivity index (χ2v) is 7.91. The number of halogens is 4. The van der Waals surface area contributed by atoms with E-state index in [0.717, 1.165) is 11.1 Å². The molecule has 10 heteroatoms.